The molecule has 1 aliphatic heterocycles. The Bertz CT molecular complexity index is 1060. The summed E-state index contributed by atoms with van der Waals surface area (Å²) in [6.45, 7) is 1.91. The van der Waals surface area contributed by atoms with Crippen LogP contribution in [0.3, 0.4) is 0 Å². The Morgan fingerprint density at radius 1 is 1.03 bits per heavy atom. The van der Waals surface area contributed by atoms with Gasteiger partial charge >= 0.3 is 0 Å². The molecule has 2 aromatic rings. The zero-order chi connectivity index (χ0) is 21.1. The molecule has 10 heteroatoms. The maximum atomic E-state index is 12.8. The fourth-order valence-corrected chi connectivity index (χ4v) is 5.17. The predicted molar refractivity (Wildman–Crippen MR) is 110 cm³/mol. The number of ether oxygens (including phenoxy) is 1. The van der Waals surface area contributed by atoms with Gasteiger partial charge in [0.25, 0.3) is 0 Å². The summed E-state index contributed by atoms with van der Waals surface area (Å²) in [5.74, 6) is 0.704. The number of nitrogens with zero attached hydrogens (tertiary/aromatic N) is 1. The van der Waals surface area contributed by atoms with Gasteiger partial charge in [0.15, 0.2) is 0 Å². The minimum atomic E-state index is -3.99. The topological polar surface area (TPSA) is 119 Å². The number of sulfonamides is 2. The Morgan fingerprint density at radius 2 is 1.69 bits per heavy atom. The molecule has 0 radical (unpaired) electrons. The smallest absolute Gasteiger partial charge is 0.240 e. The predicted octanol–water partition coefficient (Wildman–Crippen LogP) is 1.46. The normalized spacial score (nSPS) is 16.6. The van der Waals surface area contributed by atoms with Gasteiger partial charge in [-0.3, -0.25) is 4.90 Å². The van der Waals surface area contributed by atoms with Crippen LogP contribution in [0, 0.1) is 0 Å². The van der Waals surface area contributed by atoms with Crippen molar-refractivity contribution in [1.29, 1.82) is 0 Å². The van der Waals surface area contributed by atoms with Gasteiger partial charge in [0.1, 0.15) is 5.75 Å². The van der Waals surface area contributed by atoms with Crippen molar-refractivity contribution in [3.8, 4) is 5.75 Å². The number of benzene rings is 2. The molecule has 0 saturated carbocycles. The van der Waals surface area contributed by atoms with Gasteiger partial charge in [0.05, 0.1) is 16.9 Å². The minimum Gasteiger partial charge on any atom is -0.497 e. The monoisotopic (exact) mass is 439 g/mol. The van der Waals surface area contributed by atoms with E-state index in [4.69, 9.17) is 9.88 Å². The molecule has 0 aromatic heterocycles. The van der Waals surface area contributed by atoms with Gasteiger partial charge in [-0.1, -0.05) is 18.2 Å². The molecule has 0 amide bonds. The zero-order valence-electron chi connectivity index (χ0n) is 16.1. The third kappa shape index (κ3) is 5.34. The molecule has 1 fully saturated rings. The third-order valence-corrected chi connectivity index (χ3v) is 7.30. The lowest BCUT2D eigenvalue weighted by Crippen LogP contribution is -2.36. The number of likely N-dealkylation sites (tertiary alicyclic amines) is 1. The van der Waals surface area contributed by atoms with Crippen molar-refractivity contribution in [2.24, 2.45) is 5.14 Å². The van der Waals surface area contributed by atoms with Crippen LogP contribution in [0.15, 0.2) is 58.3 Å². The van der Waals surface area contributed by atoms with Crippen LogP contribution in [-0.2, 0) is 20.0 Å². The summed E-state index contributed by atoms with van der Waals surface area (Å²) in [6.07, 6.45) is 2.12. The molecular weight excluding hydrogens is 414 g/mol. The van der Waals surface area contributed by atoms with Crippen LogP contribution in [0.5, 0.6) is 5.75 Å². The summed E-state index contributed by atoms with van der Waals surface area (Å²) in [5, 5.41) is 5.12. The summed E-state index contributed by atoms with van der Waals surface area (Å²) >= 11 is 0. The van der Waals surface area contributed by atoms with Gasteiger partial charge in [0, 0.05) is 12.6 Å². The average Bonchev–Trinajstić information content (AvgIpc) is 3.22. The van der Waals surface area contributed by atoms with Crippen molar-refractivity contribution in [2.75, 3.05) is 26.7 Å². The highest BCUT2D eigenvalue weighted by atomic mass is 32.2. The van der Waals surface area contributed by atoms with E-state index in [9.17, 15) is 16.8 Å². The standard InChI is InChI=1S/C19H25N3O5S2/c1-27-16-7-4-6-15(12-16)19(22-10-2-3-11-22)14-21-29(25,26)18-9-5-8-17(13-18)28(20,23)24/h4-9,12-13,19,21H,2-3,10-11,14H2,1H3,(H2,20,23,24). The SMILES string of the molecule is COc1cccc(C(CNS(=O)(=O)c2cccc(S(N)(=O)=O)c2)N2CCCC2)c1. The van der Waals surface area contributed by atoms with E-state index in [-0.39, 0.29) is 22.4 Å². The maximum absolute atomic E-state index is 12.8. The number of nitrogens with one attached hydrogen (secondary N) is 1. The van der Waals surface area contributed by atoms with E-state index in [0.29, 0.717) is 5.75 Å². The Balaban J connectivity index is 1.85. The second-order valence-corrected chi connectivity index (χ2v) is 10.2. The summed E-state index contributed by atoms with van der Waals surface area (Å²) < 4.78 is 56.6. The molecule has 29 heavy (non-hydrogen) atoms. The molecule has 0 aliphatic carbocycles. The van der Waals surface area contributed by atoms with Crippen molar-refractivity contribution >= 4 is 20.0 Å². The third-order valence-electron chi connectivity index (χ3n) is 4.97. The van der Waals surface area contributed by atoms with Crippen molar-refractivity contribution in [3.05, 3.63) is 54.1 Å². The van der Waals surface area contributed by atoms with Crippen LogP contribution >= 0.6 is 0 Å². The van der Waals surface area contributed by atoms with E-state index < -0.39 is 20.0 Å². The van der Waals surface area contributed by atoms with Gasteiger partial charge in [0.2, 0.25) is 20.0 Å². The van der Waals surface area contributed by atoms with Gasteiger partial charge < -0.3 is 4.74 Å². The molecule has 1 atom stereocenters. The first kappa shape index (κ1) is 21.7. The fraction of sp³-hybridized carbons (Fsp3) is 0.368. The molecule has 158 valence electrons. The highest BCUT2D eigenvalue weighted by molar-refractivity contribution is 7.90. The first-order valence-electron chi connectivity index (χ1n) is 9.21. The molecule has 0 bridgehead atoms. The van der Waals surface area contributed by atoms with Crippen LogP contribution in [0.2, 0.25) is 0 Å². The minimum absolute atomic E-state index is 0.144. The fourth-order valence-electron chi connectivity index (χ4n) is 3.45. The highest BCUT2D eigenvalue weighted by Crippen LogP contribution is 2.27. The lowest BCUT2D eigenvalue weighted by Gasteiger charge is -2.28. The lowest BCUT2D eigenvalue weighted by atomic mass is 10.1. The molecule has 1 heterocycles. The van der Waals surface area contributed by atoms with Crippen molar-refractivity contribution in [3.63, 3.8) is 0 Å². The second kappa shape index (κ2) is 8.80. The Morgan fingerprint density at radius 3 is 2.34 bits per heavy atom. The molecule has 1 aliphatic rings. The number of nitrogens with two attached hydrogens (primary N) is 1. The molecule has 0 spiro atoms. The second-order valence-electron chi connectivity index (χ2n) is 6.91. The summed E-state index contributed by atoms with van der Waals surface area (Å²) in [6, 6.07) is 12.4. The number of hydrogen-bond acceptors (Lipinski definition) is 6. The first-order valence-corrected chi connectivity index (χ1v) is 12.2. The van der Waals surface area contributed by atoms with Crippen LogP contribution < -0.4 is 14.6 Å². The van der Waals surface area contributed by atoms with Crippen molar-refractivity contribution < 1.29 is 21.6 Å². The van der Waals surface area contributed by atoms with Crippen molar-refractivity contribution in [1.82, 2.24) is 9.62 Å². The maximum Gasteiger partial charge on any atom is 0.240 e. The zero-order valence-corrected chi connectivity index (χ0v) is 17.7. The largest absolute Gasteiger partial charge is 0.497 e. The van der Waals surface area contributed by atoms with Gasteiger partial charge in [-0.25, -0.2) is 26.7 Å². The molecule has 8 nitrogen and oxygen atoms in total. The number of rotatable bonds is 8. The van der Waals surface area contributed by atoms with E-state index in [1.54, 1.807) is 7.11 Å². The molecule has 1 saturated heterocycles. The molecule has 1 unspecified atom stereocenters. The molecule has 3 rings (SSSR count). The van der Waals surface area contributed by atoms with E-state index in [1.165, 1.54) is 18.2 Å². The number of methoxy groups -OCH3 is 1. The Hall–Kier alpha value is -1.98. The Kier molecular flexibility index (Phi) is 6.59. The van der Waals surface area contributed by atoms with Crippen LogP contribution in [0.25, 0.3) is 0 Å². The van der Waals surface area contributed by atoms with Crippen LogP contribution in [-0.4, -0.2) is 48.5 Å². The highest BCUT2D eigenvalue weighted by Gasteiger charge is 2.26. The molecule has 2 aromatic carbocycles. The van der Waals surface area contributed by atoms with Crippen LogP contribution in [0.4, 0.5) is 0 Å². The average molecular weight is 440 g/mol. The Labute approximate surface area is 171 Å². The first-order chi connectivity index (χ1) is 13.7. The molecular formula is C19H25N3O5S2. The lowest BCUT2D eigenvalue weighted by molar-refractivity contribution is 0.246. The van der Waals surface area contributed by atoms with E-state index in [1.807, 2.05) is 24.3 Å². The summed E-state index contributed by atoms with van der Waals surface area (Å²) in [7, 11) is -6.33. The summed E-state index contributed by atoms with van der Waals surface area (Å²) in [5.41, 5.74) is 0.951. The van der Waals surface area contributed by atoms with E-state index in [2.05, 4.69) is 9.62 Å². The quantitative estimate of drug-likeness (QED) is 0.643. The molecule has 3 N–H and O–H groups in total. The van der Waals surface area contributed by atoms with E-state index >= 15 is 0 Å². The van der Waals surface area contributed by atoms with Crippen molar-refractivity contribution in [2.45, 2.75) is 28.7 Å². The van der Waals surface area contributed by atoms with Gasteiger partial charge in [-0.15, -0.1) is 0 Å². The van der Waals surface area contributed by atoms with Gasteiger partial charge in [-0.2, -0.15) is 0 Å². The summed E-state index contributed by atoms with van der Waals surface area (Å²) in [4.78, 5) is 1.84. The van der Waals surface area contributed by atoms with E-state index in [0.717, 1.165) is 37.6 Å². The van der Waals surface area contributed by atoms with Gasteiger partial charge in [-0.05, 0) is 61.8 Å². The number of primary sulfonamides is 1. The number of hydrogen-bond donors (Lipinski definition) is 2. The van der Waals surface area contributed by atoms with Crippen LogP contribution in [0.1, 0.15) is 24.4 Å².